The standard InChI is InChI=1S/C19H16F2N6OS/c1-10-9-29-19(24-10)17-23-7-13(11(2)25-17)18(28)26-27-8-12(6-15(20)21)16-14(27)4-3-5-22-16/h3-5,7-9,15H,6H2,1-2H3,(H,26,28). The molecule has 4 aromatic heterocycles. The van der Waals surface area contributed by atoms with Crippen LogP contribution in [-0.4, -0.2) is 36.9 Å². The Labute approximate surface area is 168 Å². The van der Waals surface area contributed by atoms with Crippen molar-refractivity contribution in [2.45, 2.75) is 26.7 Å². The molecule has 1 N–H and O–H groups in total. The average molecular weight is 414 g/mol. The summed E-state index contributed by atoms with van der Waals surface area (Å²) in [5.41, 5.74) is 5.66. The number of thiazole rings is 1. The number of fused-ring (bicyclic) bond motifs is 1. The van der Waals surface area contributed by atoms with Gasteiger partial charge in [-0.15, -0.1) is 11.3 Å². The molecule has 0 unspecified atom stereocenters. The molecule has 0 atom stereocenters. The maximum Gasteiger partial charge on any atom is 0.273 e. The van der Waals surface area contributed by atoms with Crippen LogP contribution < -0.4 is 5.43 Å². The van der Waals surface area contributed by atoms with Crippen LogP contribution in [0.5, 0.6) is 0 Å². The lowest BCUT2D eigenvalue weighted by atomic mass is 10.2. The molecule has 0 radical (unpaired) electrons. The Kier molecular flexibility index (Phi) is 5.01. The Morgan fingerprint density at radius 2 is 2.10 bits per heavy atom. The zero-order valence-electron chi connectivity index (χ0n) is 15.6. The highest BCUT2D eigenvalue weighted by molar-refractivity contribution is 7.13. The smallest absolute Gasteiger partial charge is 0.267 e. The van der Waals surface area contributed by atoms with E-state index in [9.17, 15) is 13.6 Å². The largest absolute Gasteiger partial charge is 0.273 e. The Morgan fingerprint density at radius 1 is 1.28 bits per heavy atom. The van der Waals surface area contributed by atoms with Crippen molar-refractivity contribution in [2.75, 3.05) is 5.43 Å². The van der Waals surface area contributed by atoms with E-state index >= 15 is 0 Å². The van der Waals surface area contributed by atoms with Gasteiger partial charge in [-0.1, -0.05) is 0 Å². The minimum atomic E-state index is -2.51. The quantitative estimate of drug-likeness (QED) is 0.537. The summed E-state index contributed by atoms with van der Waals surface area (Å²) in [6.45, 7) is 3.59. The van der Waals surface area contributed by atoms with Crippen molar-refractivity contribution >= 4 is 28.3 Å². The summed E-state index contributed by atoms with van der Waals surface area (Å²) < 4.78 is 27.1. The topological polar surface area (TPSA) is 85.6 Å². The summed E-state index contributed by atoms with van der Waals surface area (Å²) in [6, 6.07) is 3.38. The molecule has 148 valence electrons. The first-order chi connectivity index (χ1) is 13.9. The van der Waals surface area contributed by atoms with Crippen molar-refractivity contribution in [3.05, 3.63) is 58.6 Å². The fourth-order valence-electron chi connectivity index (χ4n) is 2.95. The SMILES string of the molecule is Cc1csc(-c2ncc(C(=O)Nn3cc(CC(F)F)c4ncccc43)c(C)n2)n1. The first kappa shape index (κ1) is 19.1. The Hall–Kier alpha value is -3.27. The van der Waals surface area contributed by atoms with Crippen LogP contribution in [-0.2, 0) is 6.42 Å². The molecular formula is C19H16F2N6OS. The number of halogens is 2. The number of rotatable bonds is 5. The molecule has 4 aromatic rings. The minimum absolute atomic E-state index is 0.281. The lowest BCUT2D eigenvalue weighted by Crippen LogP contribution is -2.23. The number of hydrogen-bond donors (Lipinski definition) is 1. The maximum atomic E-state index is 12.9. The number of nitrogens with zero attached hydrogens (tertiary/aromatic N) is 5. The zero-order chi connectivity index (χ0) is 20.5. The van der Waals surface area contributed by atoms with Crippen LogP contribution in [0.15, 0.2) is 36.1 Å². The van der Waals surface area contributed by atoms with Gasteiger partial charge < -0.3 is 0 Å². The number of carbonyl (C=O) groups is 1. The Balaban J connectivity index is 1.63. The maximum absolute atomic E-state index is 12.9. The number of pyridine rings is 1. The van der Waals surface area contributed by atoms with Gasteiger partial charge in [0.1, 0.15) is 0 Å². The minimum Gasteiger partial charge on any atom is -0.267 e. The molecule has 0 bridgehead atoms. The molecule has 1 amide bonds. The highest BCUT2D eigenvalue weighted by Crippen LogP contribution is 2.22. The second-order valence-corrected chi connectivity index (χ2v) is 7.28. The van der Waals surface area contributed by atoms with Crippen LogP contribution in [0.4, 0.5) is 8.78 Å². The van der Waals surface area contributed by atoms with Crippen LogP contribution in [0.3, 0.4) is 0 Å². The number of alkyl halides is 2. The molecule has 7 nitrogen and oxygen atoms in total. The van der Waals surface area contributed by atoms with Gasteiger partial charge in [0, 0.05) is 41.6 Å². The van der Waals surface area contributed by atoms with Crippen molar-refractivity contribution in [3.63, 3.8) is 0 Å². The second kappa shape index (κ2) is 7.63. The van der Waals surface area contributed by atoms with Gasteiger partial charge in [-0.2, -0.15) is 0 Å². The molecule has 0 aliphatic rings. The normalized spacial score (nSPS) is 11.3. The molecule has 4 heterocycles. The van der Waals surface area contributed by atoms with Crippen molar-refractivity contribution in [2.24, 2.45) is 0 Å². The van der Waals surface area contributed by atoms with E-state index in [0.717, 1.165) is 5.69 Å². The molecule has 0 aromatic carbocycles. The highest BCUT2D eigenvalue weighted by atomic mass is 32.1. The molecule has 4 rings (SSSR count). The monoisotopic (exact) mass is 414 g/mol. The number of aryl methyl sites for hydroxylation is 2. The third-order valence-electron chi connectivity index (χ3n) is 4.27. The number of hydrogen-bond acceptors (Lipinski definition) is 6. The lowest BCUT2D eigenvalue weighted by Gasteiger charge is -2.09. The molecule has 0 spiro atoms. The van der Waals surface area contributed by atoms with E-state index in [1.807, 2.05) is 12.3 Å². The lowest BCUT2D eigenvalue weighted by molar-refractivity contribution is 0.101. The van der Waals surface area contributed by atoms with Crippen LogP contribution in [0.25, 0.3) is 21.9 Å². The third-order valence-corrected chi connectivity index (χ3v) is 5.22. The molecular weight excluding hydrogens is 398 g/mol. The molecule has 0 fully saturated rings. The van der Waals surface area contributed by atoms with E-state index in [1.54, 1.807) is 19.1 Å². The van der Waals surface area contributed by atoms with Crippen LogP contribution >= 0.6 is 11.3 Å². The summed E-state index contributed by atoms with van der Waals surface area (Å²) >= 11 is 1.43. The highest BCUT2D eigenvalue weighted by Gasteiger charge is 2.18. The summed E-state index contributed by atoms with van der Waals surface area (Å²) in [5.74, 6) is 0.000651. The fourth-order valence-corrected chi connectivity index (χ4v) is 3.69. The van der Waals surface area contributed by atoms with Gasteiger partial charge in [-0.3, -0.25) is 19.9 Å². The van der Waals surface area contributed by atoms with Gasteiger partial charge >= 0.3 is 0 Å². The van der Waals surface area contributed by atoms with Gasteiger partial charge in [0.15, 0.2) is 10.8 Å². The van der Waals surface area contributed by atoms with Gasteiger partial charge in [0.05, 0.1) is 22.3 Å². The van der Waals surface area contributed by atoms with E-state index in [1.165, 1.54) is 34.6 Å². The van der Waals surface area contributed by atoms with Crippen LogP contribution in [0, 0.1) is 13.8 Å². The summed E-state index contributed by atoms with van der Waals surface area (Å²) in [6.07, 6.45) is 1.48. The zero-order valence-corrected chi connectivity index (χ0v) is 16.4. The molecule has 10 heteroatoms. The van der Waals surface area contributed by atoms with E-state index < -0.39 is 18.8 Å². The van der Waals surface area contributed by atoms with Crippen LogP contribution in [0.1, 0.15) is 27.3 Å². The first-order valence-electron chi connectivity index (χ1n) is 8.73. The van der Waals surface area contributed by atoms with E-state index in [0.29, 0.717) is 33.1 Å². The van der Waals surface area contributed by atoms with E-state index in [4.69, 9.17) is 0 Å². The summed E-state index contributed by atoms with van der Waals surface area (Å²) in [5, 5.41) is 2.58. The summed E-state index contributed by atoms with van der Waals surface area (Å²) in [4.78, 5) is 29.9. The van der Waals surface area contributed by atoms with E-state index in [2.05, 4.69) is 25.4 Å². The fraction of sp³-hybridized carbons (Fsp3) is 0.211. The Morgan fingerprint density at radius 3 is 2.79 bits per heavy atom. The van der Waals surface area contributed by atoms with E-state index in [-0.39, 0.29) is 5.56 Å². The predicted molar refractivity (Wildman–Crippen MR) is 106 cm³/mol. The molecule has 0 saturated heterocycles. The molecule has 0 aliphatic carbocycles. The van der Waals surface area contributed by atoms with Gasteiger partial charge in [0.2, 0.25) is 6.43 Å². The second-order valence-electron chi connectivity index (χ2n) is 6.42. The molecule has 29 heavy (non-hydrogen) atoms. The third kappa shape index (κ3) is 3.83. The molecule has 0 aliphatic heterocycles. The number of amides is 1. The number of aromatic nitrogens is 5. The number of nitrogens with one attached hydrogen (secondary N) is 1. The van der Waals surface area contributed by atoms with Crippen molar-refractivity contribution in [1.82, 2.24) is 24.6 Å². The molecule has 0 saturated carbocycles. The van der Waals surface area contributed by atoms with Crippen LogP contribution in [0.2, 0.25) is 0 Å². The van der Waals surface area contributed by atoms with Crippen molar-refractivity contribution in [3.8, 4) is 10.8 Å². The van der Waals surface area contributed by atoms with Crippen molar-refractivity contribution in [1.29, 1.82) is 0 Å². The van der Waals surface area contributed by atoms with Gasteiger partial charge in [-0.05, 0) is 26.0 Å². The first-order valence-corrected chi connectivity index (χ1v) is 9.61. The van der Waals surface area contributed by atoms with Gasteiger partial charge in [0.25, 0.3) is 5.91 Å². The Bertz CT molecular complexity index is 1200. The van der Waals surface area contributed by atoms with Crippen molar-refractivity contribution < 1.29 is 13.6 Å². The average Bonchev–Trinajstić information content (AvgIpc) is 3.26. The van der Waals surface area contributed by atoms with Gasteiger partial charge in [-0.25, -0.2) is 23.7 Å². The summed E-state index contributed by atoms with van der Waals surface area (Å²) in [7, 11) is 0. The predicted octanol–water partition coefficient (Wildman–Crippen LogP) is 3.76. The number of carbonyl (C=O) groups excluding carboxylic acids is 1.